The minimum Gasteiger partial charge on any atom is -0.342 e. The van der Waals surface area contributed by atoms with E-state index in [-0.39, 0.29) is 0 Å². The van der Waals surface area contributed by atoms with Gasteiger partial charge in [-0.15, -0.1) is 4.91 Å². The third kappa shape index (κ3) is 2.95. The van der Waals surface area contributed by atoms with Gasteiger partial charge in [-0.2, -0.15) is 0 Å². The highest BCUT2D eigenvalue weighted by atomic mass is 127. The zero-order valence-corrected chi connectivity index (χ0v) is 12.2. The molecular formula is C11H14IN5O. The molecule has 0 atom stereocenters. The van der Waals surface area contributed by atoms with Crippen LogP contribution in [0.3, 0.4) is 0 Å². The quantitative estimate of drug-likeness (QED) is 0.356. The maximum Gasteiger partial charge on any atom is 0.225 e. The largest absolute Gasteiger partial charge is 0.342 e. The molecule has 1 aromatic heterocycles. The first-order valence-corrected chi connectivity index (χ1v) is 7.13. The highest BCUT2D eigenvalue weighted by Gasteiger charge is 2.23. The topological polar surface area (TPSA) is 61.2 Å². The Balaban J connectivity index is 2.08. The van der Waals surface area contributed by atoms with Crippen molar-refractivity contribution in [1.29, 1.82) is 0 Å². The Morgan fingerprint density at radius 1 is 1.44 bits per heavy atom. The van der Waals surface area contributed by atoms with Crippen molar-refractivity contribution < 1.29 is 0 Å². The number of aromatic nitrogens is 1. The molecule has 1 aliphatic heterocycles. The summed E-state index contributed by atoms with van der Waals surface area (Å²) in [6.07, 6.45) is 1.87. The Morgan fingerprint density at radius 2 is 2.28 bits per heavy atom. The van der Waals surface area contributed by atoms with Crippen LogP contribution in [-0.2, 0) is 11.0 Å². The van der Waals surface area contributed by atoms with Gasteiger partial charge in [-0.3, -0.25) is 4.98 Å². The van der Waals surface area contributed by atoms with Crippen molar-refractivity contribution in [3.63, 3.8) is 0 Å². The molecule has 96 valence electrons. The van der Waals surface area contributed by atoms with E-state index in [0.29, 0.717) is 12.5 Å². The summed E-state index contributed by atoms with van der Waals surface area (Å²) in [4.78, 5) is 18.6. The van der Waals surface area contributed by atoms with Crippen molar-refractivity contribution in [1.82, 2.24) is 14.8 Å². The number of guanidine groups is 1. The number of hydrogen-bond donors (Lipinski definition) is 0. The second-order valence-electron chi connectivity index (χ2n) is 4.12. The van der Waals surface area contributed by atoms with Gasteiger partial charge in [-0.1, -0.05) is 33.8 Å². The molecule has 1 aliphatic rings. The van der Waals surface area contributed by atoms with Crippen LogP contribution < -0.4 is 0 Å². The van der Waals surface area contributed by atoms with Crippen LogP contribution in [0.1, 0.15) is 11.3 Å². The molecule has 1 aromatic rings. The lowest BCUT2D eigenvalue weighted by molar-refractivity contribution is 0.455. The Bertz CT molecular complexity index is 447. The minimum atomic E-state index is 0.628. The molecule has 0 unspecified atom stereocenters. The molecule has 6 nitrogen and oxygen atoms in total. The van der Waals surface area contributed by atoms with Gasteiger partial charge in [0, 0.05) is 37.3 Å². The number of likely N-dealkylation sites (N-methyl/N-ethyl adjacent to an activating group) is 1. The van der Waals surface area contributed by atoms with Crippen LogP contribution in [-0.4, -0.2) is 40.9 Å². The molecule has 1 saturated heterocycles. The summed E-state index contributed by atoms with van der Waals surface area (Å²) < 4.78 is 0.909. The summed E-state index contributed by atoms with van der Waals surface area (Å²) in [7, 11) is 1.90. The van der Waals surface area contributed by atoms with Crippen LogP contribution in [0, 0.1) is 4.91 Å². The molecule has 0 aromatic carbocycles. The van der Waals surface area contributed by atoms with E-state index in [1.54, 1.807) is 0 Å². The number of nitrogens with zero attached hydrogens (tertiary/aromatic N) is 5. The van der Waals surface area contributed by atoms with Gasteiger partial charge in [0.05, 0.1) is 11.0 Å². The standard InChI is InChI=1S/C11H14IN5O/c1-16-4-5-17(11(16)14-15-18)8-9-2-3-10(6-12)13-7-9/h2-3,7H,4-6,8H2,1H3/b14-11-. The van der Waals surface area contributed by atoms with Crippen molar-refractivity contribution in [3.05, 3.63) is 34.5 Å². The molecule has 0 spiro atoms. The Hall–Kier alpha value is -1.25. The van der Waals surface area contributed by atoms with Crippen LogP contribution in [0.2, 0.25) is 0 Å². The van der Waals surface area contributed by atoms with E-state index >= 15 is 0 Å². The van der Waals surface area contributed by atoms with E-state index in [1.165, 1.54) is 0 Å². The van der Waals surface area contributed by atoms with Crippen molar-refractivity contribution >= 4 is 28.6 Å². The molecule has 0 aliphatic carbocycles. The fourth-order valence-corrected chi connectivity index (χ4v) is 2.34. The molecule has 2 heterocycles. The number of nitroso groups, excluding NO2 is 1. The molecule has 0 bridgehead atoms. The maximum absolute atomic E-state index is 10.3. The van der Waals surface area contributed by atoms with Gasteiger partial charge in [-0.05, 0) is 11.6 Å². The van der Waals surface area contributed by atoms with Crippen LogP contribution in [0.4, 0.5) is 0 Å². The van der Waals surface area contributed by atoms with Crippen molar-refractivity contribution in [2.75, 3.05) is 20.1 Å². The molecule has 1 fully saturated rings. The number of rotatable bonds is 4. The summed E-state index contributed by atoms with van der Waals surface area (Å²) >= 11 is 2.29. The van der Waals surface area contributed by atoms with Gasteiger partial charge in [0.25, 0.3) is 0 Å². The molecule has 2 rings (SSSR count). The number of hydrogen-bond acceptors (Lipinski definition) is 3. The first kappa shape index (κ1) is 13.2. The molecule has 0 radical (unpaired) electrons. The molecule has 18 heavy (non-hydrogen) atoms. The second kappa shape index (κ2) is 6.07. The first-order valence-electron chi connectivity index (χ1n) is 5.60. The zero-order valence-electron chi connectivity index (χ0n) is 10.1. The highest BCUT2D eigenvalue weighted by molar-refractivity contribution is 14.1. The van der Waals surface area contributed by atoms with Crippen molar-refractivity contribution in [2.45, 2.75) is 11.0 Å². The van der Waals surface area contributed by atoms with E-state index in [1.807, 2.05) is 29.1 Å². The lowest BCUT2D eigenvalue weighted by atomic mass is 10.2. The molecule has 0 N–H and O–H groups in total. The van der Waals surface area contributed by atoms with E-state index in [4.69, 9.17) is 0 Å². The average Bonchev–Trinajstić information content (AvgIpc) is 2.73. The van der Waals surface area contributed by atoms with E-state index < -0.39 is 0 Å². The predicted molar refractivity (Wildman–Crippen MR) is 78.2 cm³/mol. The fraction of sp³-hybridized carbons (Fsp3) is 0.455. The number of pyridine rings is 1. The van der Waals surface area contributed by atoms with E-state index in [9.17, 15) is 4.91 Å². The summed E-state index contributed by atoms with van der Waals surface area (Å²) in [5.41, 5.74) is 2.18. The van der Waals surface area contributed by atoms with Crippen LogP contribution in [0.5, 0.6) is 0 Å². The first-order chi connectivity index (χ1) is 8.74. The third-order valence-corrected chi connectivity index (χ3v) is 3.64. The smallest absolute Gasteiger partial charge is 0.225 e. The van der Waals surface area contributed by atoms with Crippen molar-refractivity contribution in [2.24, 2.45) is 10.4 Å². The summed E-state index contributed by atoms with van der Waals surface area (Å²) in [5.74, 6) is 0.628. The van der Waals surface area contributed by atoms with Crippen LogP contribution >= 0.6 is 22.6 Å². The number of halogens is 1. The average molecular weight is 359 g/mol. The maximum atomic E-state index is 10.3. The monoisotopic (exact) mass is 359 g/mol. The SMILES string of the molecule is CN1CCN(Cc2ccc(CI)nc2)/C1=N\N=O. The van der Waals surface area contributed by atoms with E-state index in [2.05, 4.69) is 44.0 Å². The van der Waals surface area contributed by atoms with Crippen LogP contribution in [0.25, 0.3) is 0 Å². The minimum absolute atomic E-state index is 0.628. The van der Waals surface area contributed by atoms with Crippen LogP contribution in [0.15, 0.2) is 28.7 Å². The highest BCUT2D eigenvalue weighted by Crippen LogP contribution is 2.13. The second-order valence-corrected chi connectivity index (χ2v) is 4.88. The summed E-state index contributed by atoms with van der Waals surface area (Å²) in [5, 5.41) is 6.26. The van der Waals surface area contributed by atoms with Gasteiger partial charge in [0.2, 0.25) is 5.96 Å². The number of alkyl halides is 1. The fourth-order valence-electron chi connectivity index (χ4n) is 1.89. The summed E-state index contributed by atoms with van der Waals surface area (Å²) in [6, 6.07) is 4.08. The zero-order chi connectivity index (χ0) is 13.0. The Labute approximate surface area is 119 Å². The third-order valence-electron chi connectivity index (χ3n) is 2.86. The van der Waals surface area contributed by atoms with Gasteiger partial charge in [0.1, 0.15) is 0 Å². The van der Waals surface area contributed by atoms with Gasteiger partial charge < -0.3 is 9.80 Å². The molecule has 7 heteroatoms. The molecule has 0 amide bonds. The normalized spacial score (nSPS) is 17.6. The Morgan fingerprint density at radius 3 is 2.89 bits per heavy atom. The summed E-state index contributed by atoms with van der Waals surface area (Å²) in [6.45, 7) is 2.40. The molecular weight excluding hydrogens is 345 g/mol. The van der Waals surface area contributed by atoms with Gasteiger partial charge in [-0.25, -0.2) is 0 Å². The molecule has 0 saturated carbocycles. The lowest BCUT2D eigenvalue weighted by Crippen LogP contribution is -2.30. The van der Waals surface area contributed by atoms with Gasteiger partial charge >= 0.3 is 0 Å². The van der Waals surface area contributed by atoms with Gasteiger partial charge in [0.15, 0.2) is 0 Å². The van der Waals surface area contributed by atoms with Crippen molar-refractivity contribution in [3.8, 4) is 0 Å². The lowest BCUT2D eigenvalue weighted by Gasteiger charge is -2.18. The van der Waals surface area contributed by atoms with E-state index in [0.717, 1.165) is 28.8 Å². The Kier molecular flexibility index (Phi) is 4.45. The predicted octanol–water partition coefficient (Wildman–Crippen LogP) is 1.80.